The van der Waals surface area contributed by atoms with Crippen LogP contribution in [0.5, 0.6) is 0 Å². The minimum Gasteiger partial charge on any atom is -0.357 e. The molecule has 0 radical (unpaired) electrons. The summed E-state index contributed by atoms with van der Waals surface area (Å²) >= 11 is 0. The van der Waals surface area contributed by atoms with Gasteiger partial charge in [-0.1, -0.05) is 24.6 Å². The van der Waals surface area contributed by atoms with E-state index in [1.165, 1.54) is 51.3 Å². The van der Waals surface area contributed by atoms with Gasteiger partial charge >= 0.3 is 0 Å². The van der Waals surface area contributed by atoms with Crippen molar-refractivity contribution in [2.75, 3.05) is 46.3 Å². The lowest BCUT2D eigenvalue weighted by atomic mass is 9.84. The molecule has 2 N–H and O–H groups in total. The summed E-state index contributed by atoms with van der Waals surface area (Å²) in [7, 11) is 2.22. The van der Waals surface area contributed by atoms with Crippen LogP contribution in [0.2, 0.25) is 0 Å². The summed E-state index contributed by atoms with van der Waals surface area (Å²) < 4.78 is 13.9. The average Bonchev–Trinajstić information content (AvgIpc) is 2.73. The van der Waals surface area contributed by atoms with E-state index in [4.69, 9.17) is 0 Å². The molecule has 1 aromatic rings. The van der Waals surface area contributed by atoms with E-state index in [2.05, 4.69) is 39.4 Å². The topological polar surface area (TPSA) is 42.9 Å². The smallest absolute Gasteiger partial charge is 0.191 e. The standard InChI is InChI=1S/C22H36FN5/c1-3-24-21(25-17-19-9-5-6-10-20(19)23)26-18-22(11-15-27(2)16-12-22)28-13-7-4-8-14-28/h5-6,9-10H,3-4,7-8,11-18H2,1-2H3,(H2,24,25,26). The van der Waals surface area contributed by atoms with E-state index in [0.29, 0.717) is 12.1 Å². The number of hydrogen-bond donors (Lipinski definition) is 2. The lowest BCUT2D eigenvalue weighted by molar-refractivity contribution is 0.0173. The number of nitrogens with one attached hydrogen (secondary N) is 2. The second-order valence-electron chi connectivity index (χ2n) is 8.22. The van der Waals surface area contributed by atoms with Crippen LogP contribution >= 0.6 is 0 Å². The number of halogens is 1. The molecule has 2 aliphatic rings. The molecule has 2 heterocycles. The summed E-state index contributed by atoms with van der Waals surface area (Å²) in [5.74, 6) is 0.586. The van der Waals surface area contributed by atoms with Gasteiger partial charge in [0, 0.05) is 24.2 Å². The third kappa shape index (κ3) is 5.45. The fourth-order valence-corrected chi connectivity index (χ4v) is 4.39. The first kappa shape index (κ1) is 21.1. The van der Waals surface area contributed by atoms with E-state index >= 15 is 0 Å². The fraction of sp³-hybridized carbons (Fsp3) is 0.682. The SMILES string of the molecule is CCNC(=NCc1ccccc1F)NCC1(N2CCCCC2)CCN(C)CC1. The molecule has 0 unspecified atom stereocenters. The van der Waals surface area contributed by atoms with Crippen molar-refractivity contribution in [3.8, 4) is 0 Å². The minimum absolute atomic E-state index is 0.192. The highest BCUT2D eigenvalue weighted by molar-refractivity contribution is 5.79. The summed E-state index contributed by atoms with van der Waals surface area (Å²) in [6.07, 6.45) is 6.33. The lowest BCUT2D eigenvalue weighted by Crippen LogP contribution is -2.62. The zero-order valence-electron chi connectivity index (χ0n) is 17.5. The van der Waals surface area contributed by atoms with Gasteiger partial charge in [0.2, 0.25) is 0 Å². The van der Waals surface area contributed by atoms with Crippen molar-refractivity contribution in [2.24, 2.45) is 4.99 Å². The highest BCUT2D eigenvalue weighted by Gasteiger charge is 2.39. The third-order valence-electron chi connectivity index (χ3n) is 6.24. The Hall–Kier alpha value is -1.66. The summed E-state index contributed by atoms with van der Waals surface area (Å²) in [6, 6.07) is 6.87. The number of guanidine groups is 1. The molecule has 0 atom stereocenters. The van der Waals surface area contributed by atoms with Crippen LogP contribution in [-0.2, 0) is 6.54 Å². The molecule has 0 bridgehead atoms. The number of hydrogen-bond acceptors (Lipinski definition) is 3. The Morgan fingerprint density at radius 3 is 2.46 bits per heavy atom. The van der Waals surface area contributed by atoms with E-state index < -0.39 is 0 Å². The second-order valence-corrected chi connectivity index (χ2v) is 8.22. The molecule has 2 fully saturated rings. The number of benzene rings is 1. The molecule has 156 valence electrons. The minimum atomic E-state index is -0.192. The van der Waals surface area contributed by atoms with E-state index in [1.807, 2.05) is 6.07 Å². The van der Waals surface area contributed by atoms with Crippen molar-refractivity contribution in [3.05, 3.63) is 35.6 Å². The average molecular weight is 390 g/mol. The molecular formula is C22H36FN5. The summed E-state index contributed by atoms with van der Waals surface area (Å²) in [4.78, 5) is 9.80. The van der Waals surface area contributed by atoms with Gasteiger partial charge in [-0.05, 0) is 71.9 Å². The number of aliphatic imine (C=N–C) groups is 1. The molecule has 5 nitrogen and oxygen atoms in total. The van der Waals surface area contributed by atoms with Gasteiger partial charge < -0.3 is 15.5 Å². The normalized spacial score (nSPS) is 21.5. The first-order chi connectivity index (χ1) is 13.6. The largest absolute Gasteiger partial charge is 0.357 e. The highest BCUT2D eigenvalue weighted by atomic mass is 19.1. The predicted molar refractivity (Wildman–Crippen MR) is 114 cm³/mol. The summed E-state index contributed by atoms with van der Waals surface area (Å²) in [5, 5.41) is 6.92. The molecule has 0 aromatic heterocycles. The van der Waals surface area contributed by atoms with Gasteiger partial charge in [0.1, 0.15) is 5.82 Å². The lowest BCUT2D eigenvalue weighted by Gasteiger charge is -2.50. The maximum absolute atomic E-state index is 13.9. The van der Waals surface area contributed by atoms with Gasteiger partial charge in [-0.2, -0.15) is 0 Å². The van der Waals surface area contributed by atoms with Crippen molar-refractivity contribution in [1.82, 2.24) is 20.4 Å². The van der Waals surface area contributed by atoms with Crippen LogP contribution in [0.4, 0.5) is 4.39 Å². The second kappa shape index (κ2) is 10.2. The van der Waals surface area contributed by atoms with Gasteiger partial charge in [-0.15, -0.1) is 0 Å². The van der Waals surface area contributed by atoms with E-state index in [9.17, 15) is 4.39 Å². The molecule has 0 spiro atoms. The van der Waals surface area contributed by atoms with E-state index in [-0.39, 0.29) is 11.4 Å². The fourth-order valence-electron chi connectivity index (χ4n) is 4.39. The van der Waals surface area contributed by atoms with Crippen LogP contribution in [0.1, 0.15) is 44.6 Å². The first-order valence-electron chi connectivity index (χ1n) is 10.8. The van der Waals surface area contributed by atoms with Gasteiger partial charge in [0.25, 0.3) is 0 Å². The molecule has 6 heteroatoms. The molecule has 2 saturated heterocycles. The molecule has 0 amide bonds. The molecule has 3 rings (SSSR count). The van der Waals surface area contributed by atoms with E-state index in [1.54, 1.807) is 12.1 Å². The number of piperidine rings is 2. The first-order valence-corrected chi connectivity index (χ1v) is 10.8. The monoisotopic (exact) mass is 389 g/mol. The van der Waals surface area contributed by atoms with Crippen LogP contribution in [0.3, 0.4) is 0 Å². The van der Waals surface area contributed by atoms with Gasteiger partial charge in [0.05, 0.1) is 6.54 Å². The van der Waals surface area contributed by atoms with Crippen LogP contribution in [0.25, 0.3) is 0 Å². The quantitative estimate of drug-likeness (QED) is 0.580. The van der Waals surface area contributed by atoms with Gasteiger partial charge in [-0.25, -0.2) is 9.38 Å². The Bertz CT molecular complexity index is 634. The maximum atomic E-state index is 13.9. The van der Waals surface area contributed by atoms with Crippen LogP contribution in [0.15, 0.2) is 29.3 Å². The van der Waals surface area contributed by atoms with Crippen molar-refractivity contribution in [3.63, 3.8) is 0 Å². The highest BCUT2D eigenvalue weighted by Crippen LogP contribution is 2.30. The van der Waals surface area contributed by atoms with E-state index in [0.717, 1.165) is 32.1 Å². The number of likely N-dealkylation sites (tertiary alicyclic amines) is 2. The van der Waals surface area contributed by atoms with Crippen molar-refractivity contribution in [1.29, 1.82) is 0 Å². The maximum Gasteiger partial charge on any atom is 0.191 e. The zero-order chi connectivity index (χ0) is 19.8. The Balaban J connectivity index is 1.68. The Morgan fingerprint density at radius 1 is 1.07 bits per heavy atom. The molecule has 2 aliphatic heterocycles. The zero-order valence-corrected chi connectivity index (χ0v) is 17.5. The number of nitrogens with zero attached hydrogens (tertiary/aromatic N) is 3. The molecular weight excluding hydrogens is 353 g/mol. The molecule has 28 heavy (non-hydrogen) atoms. The van der Waals surface area contributed by atoms with Gasteiger partial charge in [0.15, 0.2) is 5.96 Å². The summed E-state index contributed by atoms with van der Waals surface area (Å²) in [6.45, 7) is 8.79. The third-order valence-corrected chi connectivity index (χ3v) is 6.24. The van der Waals surface area contributed by atoms with Gasteiger partial charge in [-0.3, -0.25) is 4.90 Å². The van der Waals surface area contributed by atoms with Crippen LogP contribution in [0, 0.1) is 5.82 Å². The molecule has 0 aliphatic carbocycles. The van der Waals surface area contributed by atoms with Crippen LogP contribution in [-0.4, -0.2) is 67.6 Å². The van der Waals surface area contributed by atoms with Crippen LogP contribution < -0.4 is 10.6 Å². The number of rotatable bonds is 6. The predicted octanol–water partition coefficient (Wildman–Crippen LogP) is 2.83. The van der Waals surface area contributed by atoms with Crippen molar-refractivity contribution >= 4 is 5.96 Å². The summed E-state index contributed by atoms with van der Waals surface area (Å²) in [5.41, 5.74) is 0.825. The Kier molecular flexibility index (Phi) is 7.68. The molecule has 0 saturated carbocycles. The molecule has 1 aromatic carbocycles. The Morgan fingerprint density at radius 2 is 1.79 bits per heavy atom. The van der Waals surface area contributed by atoms with Crippen molar-refractivity contribution < 1.29 is 4.39 Å². The Labute approximate surface area is 169 Å². The van der Waals surface area contributed by atoms with Crippen molar-refractivity contribution in [2.45, 2.75) is 51.1 Å².